The summed E-state index contributed by atoms with van der Waals surface area (Å²) in [6, 6.07) is 8.35. The summed E-state index contributed by atoms with van der Waals surface area (Å²) in [5.41, 5.74) is -0.269. The van der Waals surface area contributed by atoms with Gasteiger partial charge in [-0.3, -0.25) is 13.9 Å². The van der Waals surface area contributed by atoms with Crippen LogP contribution < -0.4 is 13.8 Å². The lowest BCUT2D eigenvalue weighted by Gasteiger charge is -2.35. The maximum atomic E-state index is 13.6. The highest BCUT2D eigenvalue weighted by atomic mass is 32.2. The molecule has 9 nitrogen and oxygen atoms in total. The first kappa shape index (κ1) is 28.1. The van der Waals surface area contributed by atoms with Crippen LogP contribution in [0.15, 0.2) is 47.4 Å². The Labute approximate surface area is 211 Å². The van der Waals surface area contributed by atoms with Gasteiger partial charge >= 0.3 is 18.3 Å². The predicted molar refractivity (Wildman–Crippen MR) is 125 cm³/mol. The Bertz CT molecular complexity index is 1270. The fourth-order valence-corrected chi connectivity index (χ4v) is 5.17. The number of rotatable bonds is 8. The molecule has 0 spiro atoms. The first-order valence-corrected chi connectivity index (χ1v) is 12.6. The van der Waals surface area contributed by atoms with Crippen molar-refractivity contribution in [2.75, 3.05) is 10.8 Å². The second kappa shape index (κ2) is 10.5. The van der Waals surface area contributed by atoms with Crippen LogP contribution in [0.4, 0.5) is 18.9 Å². The number of esters is 1. The Kier molecular flexibility index (Phi) is 7.96. The van der Waals surface area contributed by atoms with Gasteiger partial charge in [-0.15, -0.1) is 13.2 Å². The number of ether oxygens (including phenoxy) is 3. The number of alkyl halides is 3. The van der Waals surface area contributed by atoms with E-state index in [1.54, 1.807) is 26.8 Å². The molecule has 1 atom stereocenters. The number of hydrogen-bond donors (Lipinski definition) is 1. The monoisotopic (exact) mass is 545 g/mol. The molecule has 3 rings (SSSR count). The van der Waals surface area contributed by atoms with Crippen LogP contribution in [0.25, 0.3) is 0 Å². The van der Waals surface area contributed by atoms with Gasteiger partial charge < -0.3 is 19.3 Å². The number of benzene rings is 2. The summed E-state index contributed by atoms with van der Waals surface area (Å²) in [5, 5.41) is 9.03. The normalized spacial score (nSPS) is 15.9. The highest BCUT2D eigenvalue weighted by molar-refractivity contribution is 7.92. The maximum Gasteiger partial charge on any atom is 0.573 e. The van der Waals surface area contributed by atoms with Gasteiger partial charge in [0.15, 0.2) is 0 Å². The number of anilines is 1. The lowest BCUT2D eigenvalue weighted by atomic mass is 10.1. The topological polar surface area (TPSA) is 119 Å². The zero-order valence-electron chi connectivity index (χ0n) is 20.2. The molecule has 1 N–H and O–H groups in total. The van der Waals surface area contributed by atoms with Crippen molar-refractivity contribution in [2.45, 2.75) is 63.0 Å². The standard InChI is InChI=1S/C24H26F3NO8S/c1-23(2,3)36-22(31)12-15-7-9-20-19(11-15)28(14-17(34-20)8-10-21(29)30)37(32,33)18-6-4-5-16(13-18)35-24(25,26)27/h4-7,9,11,13,17H,8,10,12,14H2,1-3H3,(H,29,30)/t17-/m0/s1. The molecule has 0 fully saturated rings. The fraction of sp³-hybridized carbons (Fsp3) is 0.417. The number of carbonyl (C=O) groups excluding carboxylic acids is 1. The second-order valence-electron chi connectivity index (χ2n) is 9.30. The van der Waals surface area contributed by atoms with E-state index in [1.165, 1.54) is 12.1 Å². The molecule has 2 aromatic rings. The molecule has 0 aliphatic carbocycles. The van der Waals surface area contributed by atoms with Crippen LogP contribution in [0.3, 0.4) is 0 Å². The molecular weight excluding hydrogens is 519 g/mol. The summed E-state index contributed by atoms with van der Waals surface area (Å²) < 4.78 is 81.2. The van der Waals surface area contributed by atoms with Crippen molar-refractivity contribution in [3.05, 3.63) is 48.0 Å². The van der Waals surface area contributed by atoms with Gasteiger partial charge in [0.1, 0.15) is 23.2 Å². The van der Waals surface area contributed by atoms with E-state index >= 15 is 0 Å². The summed E-state index contributed by atoms with van der Waals surface area (Å²) in [6.07, 6.45) is -6.34. The Hall–Kier alpha value is -3.48. The number of sulfonamides is 1. The van der Waals surface area contributed by atoms with Crippen LogP contribution >= 0.6 is 0 Å². The molecule has 1 aliphatic heterocycles. The van der Waals surface area contributed by atoms with Gasteiger partial charge in [0, 0.05) is 12.5 Å². The number of carboxylic acid groups (broad SMARTS) is 1. The summed E-state index contributed by atoms with van der Waals surface area (Å²) in [6.45, 7) is 4.80. The van der Waals surface area contributed by atoms with E-state index in [0.29, 0.717) is 5.56 Å². The highest BCUT2D eigenvalue weighted by Crippen LogP contribution is 2.39. The fourth-order valence-electron chi connectivity index (χ4n) is 3.63. The van der Waals surface area contributed by atoms with Gasteiger partial charge in [-0.2, -0.15) is 0 Å². The smallest absolute Gasteiger partial charge is 0.486 e. The minimum atomic E-state index is -5.02. The molecule has 0 saturated heterocycles. The lowest BCUT2D eigenvalue weighted by Crippen LogP contribution is -2.43. The van der Waals surface area contributed by atoms with Gasteiger partial charge in [0.2, 0.25) is 0 Å². The van der Waals surface area contributed by atoms with Crippen molar-refractivity contribution < 1.29 is 50.5 Å². The largest absolute Gasteiger partial charge is 0.573 e. The van der Waals surface area contributed by atoms with Crippen LogP contribution in [-0.4, -0.2) is 50.1 Å². The van der Waals surface area contributed by atoms with E-state index in [4.69, 9.17) is 14.6 Å². The highest BCUT2D eigenvalue weighted by Gasteiger charge is 2.36. The van der Waals surface area contributed by atoms with Crippen LogP contribution in [0.1, 0.15) is 39.2 Å². The molecule has 2 aromatic carbocycles. The molecular formula is C24H26F3NO8S. The van der Waals surface area contributed by atoms with Crippen LogP contribution in [-0.2, 0) is 30.8 Å². The Morgan fingerprint density at radius 1 is 1.14 bits per heavy atom. The number of nitrogens with zero attached hydrogens (tertiary/aromatic N) is 1. The number of fused-ring (bicyclic) bond motifs is 1. The van der Waals surface area contributed by atoms with E-state index in [-0.39, 0.29) is 37.2 Å². The van der Waals surface area contributed by atoms with Crippen LogP contribution in [0, 0.1) is 0 Å². The Balaban J connectivity index is 2.00. The molecule has 0 radical (unpaired) electrons. The van der Waals surface area contributed by atoms with Gasteiger partial charge in [-0.05, 0) is 57.0 Å². The van der Waals surface area contributed by atoms with Gasteiger partial charge in [-0.25, -0.2) is 8.42 Å². The lowest BCUT2D eigenvalue weighted by molar-refractivity contribution is -0.274. The average molecular weight is 546 g/mol. The van der Waals surface area contributed by atoms with E-state index in [1.807, 2.05) is 0 Å². The van der Waals surface area contributed by atoms with E-state index in [9.17, 15) is 31.2 Å². The SMILES string of the molecule is CC(C)(C)OC(=O)Cc1ccc2c(c1)N(S(=O)(=O)c1cccc(OC(F)(F)F)c1)C[C@H](CCC(=O)O)O2. The number of aliphatic carboxylic acids is 1. The third-order valence-corrected chi connectivity index (χ3v) is 6.81. The number of carboxylic acids is 1. The molecule has 0 unspecified atom stereocenters. The summed E-state index contributed by atoms with van der Waals surface area (Å²) >= 11 is 0. The van der Waals surface area contributed by atoms with Crippen molar-refractivity contribution >= 4 is 27.6 Å². The first-order chi connectivity index (χ1) is 17.0. The van der Waals surface area contributed by atoms with Gasteiger partial charge in [0.05, 0.1) is 23.5 Å². The Morgan fingerprint density at radius 3 is 2.46 bits per heavy atom. The van der Waals surface area contributed by atoms with E-state index < -0.39 is 50.7 Å². The van der Waals surface area contributed by atoms with Crippen molar-refractivity contribution in [3.8, 4) is 11.5 Å². The molecule has 0 bridgehead atoms. The number of hydrogen-bond acceptors (Lipinski definition) is 7. The predicted octanol–water partition coefficient (Wildman–Crippen LogP) is 4.29. The van der Waals surface area contributed by atoms with Crippen molar-refractivity contribution in [3.63, 3.8) is 0 Å². The number of halogens is 3. The molecule has 202 valence electrons. The summed E-state index contributed by atoms with van der Waals surface area (Å²) in [4.78, 5) is 22.9. The minimum Gasteiger partial charge on any atom is -0.486 e. The van der Waals surface area contributed by atoms with Crippen LogP contribution in [0.5, 0.6) is 11.5 Å². The third kappa shape index (κ3) is 7.75. The van der Waals surface area contributed by atoms with Gasteiger partial charge in [-0.1, -0.05) is 12.1 Å². The molecule has 0 amide bonds. The van der Waals surface area contributed by atoms with Crippen molar-refractivity contribution in [1.29, 1.82) is 0 Å². The van der Waals surface area contributed by atoms with Crippen molar-refractivity contribution in [1.82, 2.24) is 0 Å². The third-order valence-electron chi connectivity index (χ3n) is 5.03. The molecule has 13 heteroatoms. The maximum absolute atomic E-state index is 13.6. The quantitative estimate of drug-likeness (QED) is 0.488. The average Bonchev–Trinajstić information content (AvgIpc) is 2.74. The minimum absolute atomic E-state index is 0.0162. The zero-order chi connectivity index (χ0) is 27.6. The number of carbonyl (C=O) groups is 2. The Morgan fingerprint density at radius 2 is 1.84 bits per heavy atom. The molecule has 1 heterocycles. The first-order valence-electron chi connectivity index (χ1n) is 11.2. The van der Waals surface area contributed by atoms with E-state index in [0.717, 1.165) is 28.6 Å². The van der Waals surface area contributed by atoms with Crippen molar-refractivity contribution in [2.24, 2.45) is 0 Å². The second-order valence-corrected chi connectivity index (χ2v) is 11.2. The zero-order valence-corrected chi connectivity index (χ0v) is 21.1. The summed E-state index contributed by atoms with van der Waals surface area (Å²) in [5.74, 6) is -2.26. The van der Waals surface area contributed by atoms with Crippen LogP contribution in [0.2, 0.25) is 0 Å². The van der Waals surface area contributed by atoms with E-state index in [2.05, 4.69) is 4.74 Å². The molecule has 37 heavy (non-hydrogen) atoms. The van der Waals surface area contributed by atoms with Gasteiger partial charge in [0.25, 0.3) is 10.0 Å². The molecule has 1 aliphatic rings. The molecule has 0 aromatic heterocycles. The molecule has 0 saturated carbocycles. The summed E-state index contributed by atoms with van der Waals surface area (Å²) in [7, 11) is -4.46.